The normalized spacial score (nSPS) is 17.6. The van der Waals surface area contributed by atoms with Crippen molar-refractivity contribution in [3.8, 4) is 11.3 Å². The van der Waals surface area contributed by atoms with Gasteiger partial charge in [0.1, 0.15) is 0 Å². The maximum Gasteiger partial charge on any atom is 0.416 e. The smallest absolute Gasteiger partial charge is 0.337 e. The molecule has 2 aliphatic heterocycles. The summed E-state index contributed by atoms with van der Waals surface area (Å²) in [6.45, 7) is 6.09. The number of alkyl halides is 6. The molecule has 52 heavy (non-hydrogen) atoms. The molecule has 1 atom stereocenters. The minimum atomic E-state index is -4.92. The Labute approximate surface area is 298 Å². The zero-order valence-electron chi connectivity index (χ0n) is 28.8. The minimum absolute atomic E-state index is 0.00634. The quantitative estimate of drug-likeness (QED) is 0.174. The summed E-state index contributed by atoms with van der Waals surface area (Å²) in [6.07, 6.45) is -5.80. The Kier molecular flexibility index (Phi) is 10.7. The van der Waals surface area contributed by atoms with Crippen LogP contribution < -0.4 is 5.32 Å². The molecule has 0 radical (unpaired) electrons. The highest BCUT2D eigenvalue weighted by molar-refractivity contribution is 7.92. The largest absolute Gasteiger partial charge is 0.416 e. The van der Waals surface area contributed by atoms with Gasteiger partial charge in [0.05, 0.1) is 32.5 Å². The molecule has 1 unspecified atom stereocenters. The first kappa shape index (κ1) is 37.7. The van der Waals surface area contributed by atoms with Gasteiger partial charge in [-0.3, -0.25) is 9.69 Å². The molecule has 1 aromatic heterocycles. The molecule has 0 spiro atoms. The van der Waals surface area contributed by atoms with E-state index >= 15 is 0 Å². The lowest BCUT2D eigenvalue weighted by molar-refractivity contribution is -0.155. The highest BCUT2D eigenvalue weighted by Crippen LogP contribution is 2.39. The van der Waals surface area contributed by atoms with Crippen LogP contribution in [-0.4, -0.2) is 72.8 Å². The maximum atomic E-state index is 14.6. The summed E-state index contributed by atoms with van der Waals surface area (Å²) in [5.74, 6) is -1.16. The predicted molar refractivity (Wildman–Crippen MR) is 186 cm³/mol. The Bertz CT molecular complexity index is 2020. The Morgan fingerprint density at radius 2 is 1.56 bits per heavy atom. The number of amides is 1. The number of benzene rings is 3. The van der Waals surface area contributed by atoms with Crippen LogP contribution in [-0.2, 0) is 22.6 Å². The van der Waals surface area contributed by atoms with Crippen LogP contribution in [0.2, 0.25) is 0 Å². The highest BCUT2D eigenvalue weighted by atomic mass is 32.2. The zero-order valence-corrected chi connectivity index (χ0v) is 29.6. The number of nitrogens with zero attached hydrogens (tertiary/aromatic N) is 3. The third-order valence-electron chi connectivity index (χ3n) is 10.0. The van der Waals surface area contributed by atoms with Gasteiger partial charge in [-0.2, -0.15) is 26.3 Å². The number of pyridine rings is 1. The van der Waals surface area contributed by atoms with E-state index in [0.717, 1.165) is 50.9 Å². The number of sulfone groups is 1. The van der Waals surface area contributed by atoms with Crippen molar-refractivity contribution in [2.75, 3.05) is 26.2 Å². The monoisotopic (exact) mass is 746 g/mol. The number of hydrogen-bond donors (Lipinski definition) is 1. The van der Waals surface area contributed by atoms with Crippen molar-refractivity contribution < 1.29 is 39.6 Å². The van der Waals surface area contributed by atoms with E-state index in [1.807, 2.05) is 4.90 Å². The van der Waals surface area contributed by atoms with Crippen LogP contribution in [0.4, 0.5) is 26.3 Å². The van der Waals surface area contributed by atoms with Gasteiger partial charge in [0, 0.05) is 29.1 Å². The number of rotatable bonds is 9. The van der Waals surface area contributed by atoms with E-state index in [2.05, 4.69) is 10.2 Å². The number of nitrogens with one attached hydrogen (secondary N) is 1. The van der Waals surface area contributed by atoms with Crippen LogP contribution >= 0.6 is 0 Å². The summed E-state index contributed by atoms with van der Waals surface area (Å²) >= 11 is 0. The molecule has 0 saturated carbocycles. The van der Waals surface area contributed by atoms with Gasteiger partial charge < -0.3 is 10.2 Å². The number of fused-ring (bicyclic) bond motifs is 1. The minimum Gasteiger partial charge on any atom is -0.337 e. The van der Waals surface area contributed by atoms with E-state index < -0.39 is 45.0 Å². The number of hydrogen-bond acceptors (Lipinski definition) is 6. The van der Waals surface area contributed by atoms with E-state index in [0.29, 0.717) is 19.1 Å². The first-order valence-electron chi connectivity index (χ1n) is 17.3. The SMILES string of the molecule is CC(C)S(=O)(=O)c1ccc2nc(-c3cccc(C(F)(F)F)c3)c(CN3CCC(N4CCCC4)CC3)c(C(=O)NC(c3ccccc3)C(F)(F)F)c2c1. The Morgan fingerprint density at radius 1 is 0.885 bits per heavy atom. The lowest BCUT2D eigenvalue weighted by atomic mass is 9.93. The standard InChI is InChI=1S/C38H40F6N4O3S/c1-24(2)52(50,51)29-13-14-32-30(22-29)33(36(49)46-35(38(42,43)44)25-9-4-3-5-10-25)31(23-47-19-15-28(16-20-47)48-17-6-7-18-48)34(45-32)26-11-8-12-27(21-26)37(39,40)41/h3-5,8-14,21-22,24,28,35H,6-7,15-20,23H2,1-2H3,(H,46,49). The van der Waals surface area contributed by atoms with Gasteiger partial charge in [-0.1, -0.05) is 42.5 Å². The van der Waals surface area contributed by atoms with Crippen molar-refractivity contribution in [1.29, 1.82) is 0 Å². The van der Waals surface area contributed by atoms with Gasteiger partial charge in [-0.25, -0.2) is 13.4 Å². The second kappa shape index (κ2) is 14.8. The lowest BCUT2D eigenvalue weighted by Crippen LogP contribution is -2.44. The summed E-state index contributed by atoms with van der Waals surface area (Å²) < 4.78 is 112. The molecule has 4 aromatic rings. The fourth-order valence-electron chi connectivity index (χ4n) is 7.20. The Hall–Kier alpha value is -4.01. The third-order valence-corrected chi connectivity index (χ3v) is 12.2. The molecule has 7 nitrogen and oxygen atoms in total. The molecule has 14 heteroatoms. The average Bonchev–Trinajstić information content (AvgIpc) is 3.65. The predicted octanol–water partition coefficient (Wildman–Crippen LogP) is 8.20. The van der Waals surface area contributed by atoms with E-state index in [9.17, 15) is 39.6 Å². The second-order valence-corrected chi connectivity index (χ2v) is 16.3. The highest BCUT2D eigenvalue weighted by Gasteiger charge is 2.43. The van der Waals surface area contributed by atoms with Crippen LogP contribution in [0.5, 0.6) is 0 Å². The lowest BCUT2D eigenvalue weighted by Gasteiger charge is -2.37. The summed E-state index contributed by atoms with van der Waals surface area (Å²) in [6, 6.07) is 13.0. The van der Waals surface area contributed by atoms with Crippen molar-refractivity contribution in [3.63, 3.8) is 0 Å². The van der Waals surface area contributed by atoms with E-state index in [4.69, 9.17) is 4.98 Å². The van der Waals surface area contributed by atoms with Crippen molar-refractivity contribution in [3.05, 3.63) is 95.1 Å². The molecule has 278 valence electrons. The average molecular weight is 747 g/mol. The molecule has 2 saturated heterocycles. The van der Waals surface area contributed by atoms with Crippen molar-refractivity contribution >= 4 is 26.6 Å². The first-order chi connectivity index (χ1) is 24.5. The van der Waals surface area contributed by atoms with Gasteiger partial charge in [-0.15, -0.1) is 0 Å². The molecular formula is C38H40F6N4O3S. The topological polar surface area (TPSA) is 82.6 Å². The van der Waals surface area contributed by atoms with Crippen LogP contribution in [0, 0.1) is 0 Å². The second-order valence-electron chi connectivity index (χ2n) is 13.8. The third kappa shape index (κ3) is 7.98. The molecule has 3 heterocycles. The molecule has 3 aromatic carbocycles. The fraction of sp³-hybridized carbons (Fsp3) is 0.421. The summed E-state index contributed by atoms with van der Waals surface area (Å²) in [5.41, 5.74) is -1.31. The summed E-state index contributed by atoms with van der Waals surface area (Å²) in [5, 5.41) is 1.27. The summed E-state index contributed by atoms with van der Waals surface area (Å²) in [7, 11) is -3.92. The Balaban J connectivity index is 1.56. The molecule has 1 amide bonds. The number of carbonyl (C=O) groups is 1. The maximum absolute atomic E-state index is 14.6. The van der Waals surface area contributed by atoms with E-state index in [1.165, 1.54) is 74.5 Å². The van der Waals surface area contributed by atoms with Crippen molar-refractivity contribution in [2.24, 2.45) is 0 Å². The van der Waals surface area contributed by atoms with Crippen LogP contribution in [0.15, 0.2) is 77.7 Å². The molecule has 0 aliphatic carbocycles. The van der Waals surface area contributed by atoms with Gasteiger partial charge in [-0.05, 0) is 102 Å². The first-order valence-corrected chi connectivity index (χ1v) is 18.9. The van der Waals surface area contributed by atoms with Crippen molar-refractivity contribution in [1.82, 2.24) is 20.1 Å². The van der Waals surface area contributed by atoms with Crippen LogP contribution in [0.3, 0.4) is 0 Å². The fourth-order valence-corrected chi connectivity index (χ4v) is 8.29. The van der Waals surface area contributed by atoms with Gasteiger partial charge >= 0.3 is 12.4 Å². The molecule has 2 aliphatic rings. The molecular weight excluding hydrogens is 706 g/mol. The Morgan fingerprint density at radius 3 is 2.17 bits per heavy atom. The van der Waals surface area contributed by atoms with Crippen LogP contribution in [0.1, 0.15) is 72.6 Å². The molecule has 2 fully saturated rings. The number of piperidine rings is 1. The number of aromatic nitrogens is 1. The van der Waals surface area contributed by atoms with Gasteiger partial charge in [0.2, 0.25) is 0 Å². The van der Waals surface area contributed by atoms with Gasteiger partial charge in [0.25, 0.3) is 5.91 Å². The van der Waals surface area contributed by atoms with Crippen molar-refractivity contribution in [2.45, 2.75) is 80.7 Å². The number of likely N-dealkylation sites (tertiary alicyclic amines) is 2. The van der Waals surface area contributed by atoms with Crippen LogP contribution in [0.25, 0.3) is 22.2 Å². The van der Waals surface area contributed by atoms with E-state index in [-0.39, 0.29) is 50.3 Å². The molecule has 1 N–H and O–H groups in total. The number of carbonyl (C=O) groups excluding carboxylic acids is 1. The molecule has 6 rings (SSSR count). The zero-order chi connectivity index (χ0) is 37.4. The van der Waals surface area contributed by atoms with E-state index in [1.54, 1.807) is 0 Å². The summed E-state index contributed by atoms with van der Waals surface area (Å²) in [4.78, 5) is 23.5. The molecule has 0 bridgehead atoms. The van der Waals surface area contributed by atoms with Gasteiger partial charge in [0.15, 0.2) is 15.9 Å². The number of halogens is 6.